The SMILES string of the molecule is COc1ccc(CN(c2nccs2)S(=O)(=O)c2c(F)cc(N[C@@H](C)c3ccccc3F)cc2F)c(C)c1. The molecule has 1 aromatic heterocycles. The summed E-state index contributed by atoms with van der Waals surface area (Å²) in [5, 5.41) is 4.46. The molecule has 1 heterocycles. The number of anilines is 2. The molecule has 0 unspecified atom stereocenters. The molecule has 1 N–H and O–H groups in total. The van der Waals surface area contributed by atoms with Crippen LogP contribution in [0.25, 0.3) is 0 Å². The number of aryl methyl sites for hydroxylation is 1. The zero-order chi connectivity index (χ0) is 26.7. The van der Waals surface area contributed by atoms with Crippen LogP contribution in [0.2, 0.25) is 0 Å². The lowest BCUT2D eigenvalue weighted by Crippen LogP contribution is -2.32. The van der Waals surface area contributed by atoms with Crippen LogP contribution < -0.4 is 14.4 Å². The van der Waals surface area contributed by atoms with Gasteiger partial charge in [0.05, 0.1) is 19.7 Å². The summed E-state index contributed by atoms with van der Waals surface area (Å²) >= 11 is 1.03. The molecule has 0 saturated carbocycles. The summed E-state index contributed by atoms with van der Waals surface area (Å²) in [5.74, 6) is -2.45. The third-order valence-corrected chi connectivity index (χ3v) is 8.50. The number of methoxy groups -OCH3 is 1. The van der Waals surface area contributed by atoms with Crippen molar-refractivity contribution in [3.8, 4) is 5.75 Å². The Balaban J connectivity index is 1.70. The largest absolute Gasteiger partial charge is 0.497 e. The van der Waals surface area contributed by atoms with E-state index in [-0.39, 0.29) is 17.4 Å². The standard InChI is InChI=1S/C26H24F3N3O3S2/c1-16-12-20(35-3)9-8-18(16)15-32(26-30-10-11-36-26)37(33,34)25-23(28)13-19(14-24(25)29)31-17(2)21-6-4-5-7-22(21)27/h4-14,17,31H,15H2,1-3H3/t17-/m0/s1. The normalized spacial score (nSPS) is 12.3. The minimum absolute atomic E-state index is 0.0310. The Kier molecular flexibility index (Phi) is 7.74. The summed E-state index contributed by atoms with van der Waals surface area (Å²) in [5.41, 5.74) is 1.61. The first-order chi connectivity index (χ1) is 17.6. The smallest absolute Gasteiger partial charge is 0.272 e. The number of ether oxygens (including phenoxy) is 1. The lowest BCUT2D eigenvalue weighted by molar-refractivity contribution is 0.414. The van der Waals surface area contributed by atoms with Crippen molar-refractivity contribution >= 4 is 32.2 Å². The first-order valence-electron chi connectivity index (χ1n) is 11.2. The van der Waals surface area contributed by atoms with Crippen LogP contribution in [0.15, 0.2) is 71.1 Å². The average Bonchev–Trinajstić information content (AvgIpc) is 3.37. The number of benzene rings is 3. The monoisotopic (exact) mass is 547 g/mol. The minimum atomic E-state index is -4.71. The van der Waals surface area contributed by atoms with Crippen LogP contribution in [0.1, 0.15) is 29.7 Å². The second-order valence-corrected chi connectivity index (χ2v) is 10.9. The van der Waals surface area contributed by atoms with Crippen molar-refractivity contribution in [3.63, 3.8) is 0 Å². The molecular formula is C26H24F3N3O3S2. The van der Waals surface area contributed by atoms with Crippen LogP contribution in [0.4, 0.5) is 24.0 Å². The Morgan fingerprint density at radius 2 is 1.76 bits per heavy atom. The summed E-state index contributed by atoms with van der Waals surface area (Å²) < 4.78 is 78.0. The number of hydrogen-bond donors (Lipinski definition) is 1. The highest BCUT2D eigenvalue weighted by atomic mass is 32.2. The predicted octanol–water partition coefficient (Wildman–Crippen LogP) is 6.45. The van der Waals surface area contributed by atoms with Crippen LogP contribution in [-0.4, -0.2) is 20.5 Å². The van der Waals surface area contributed by atoms with Gasteiger partial charge >= 0.3 is 0 Å². The molecule has 6 nitrogen and oxygen atoms in total. The first kappa shape index (κ1) is 26.5. The third kappa shape index (κ3) is 5.57. The van der Waals surface area contributed by atoms with Crippen molar-refractivity contribution in [1.29, 1.82) is 0 Å². The van der Waals surface area contributed by atoms with E-state index in [1.165, 1.54) is 25.4 Å². The van der Waals surface area contributed by atoms with Gasteiger partial charge in [0, 0.05) is 22.8 Å². The van der Waals surface area contributed by atoms with Gasteiger partial charge in [-0.15, -0.1) is 11.3 Å². The molecule has 4 aromatic rings. The second kappa shape index (κ2) is 10.8. The maximum Gasteiger partial charge on any atom is 0.272 e. The van der Waals surface area contributed by atoms with Crippen molar-refractivity contribution in [3.05, 3.63) is 100 Å². The third-order valence-electron chi connectivity index (χ3n) is 5.80. The van der Waals surface area contributed by atoms with Crippen molar-refractivity contribution in [2.45, 2.75) is 31.3 Å². The summed E-state index contributed by atoms with van der Waals surface area (Å²) in [6.45, 7) is 3.21. The van der Waals surface area contributed by atoms with Crippen LogP contribution >= 0.6 is 11.3 Å². The van der Waals surface area contributed by atoms with E-state index in [2.05, 4.69) is 10.3 Å². The van der Waals surface area contributed by atoms with E-state index in [0.29, 0.717) is 16.9 Å². The zero-order valence-corrected chi connectivity index (χ0v) is 21.8. The molecule has 0 amide bonds. The zero-order valence-electron chi connectivity index (χ0n) is 20.2. The molecule has 0 spiro atoms. The molecule has 3 aromatic carbocycles. The fraction of sp³-hybridized carbons (Fsp3) is 0.192. The summed E-state index contributed by atoms with van der Waals surface area (Å²) in [7, 11) is -3.19. The number of halogens is 3. The maximum atomic E-state index is 15.3. The molecule has 0 saturated heterocycles. The average molecular weight is 548 g/mol. The lowest BCUT2D eigenvalue weighted by atomic mass is 10.1. The molecule has 0 aliphatic rings. The molecule has 1 atom stereocenters. The number of nitrogens with one attached hydrogen (secondary N) is 1. The van der Waals surface area contributed by atoms with E-state index in [0.717, 1.165) is 33.3 Å². The summed E-state index contributed by atoms with van der Waals surface area (Å²) in [6, 6.07) is 12.2. The van der Waals surface area contributed by atoms with Crippen molar-refractivity contribution in [2.75, 3.05) is 16.7 Å². The number of sulfonamides is 1. The van der Waals surface area contributed by atoms with Gasteiger partial charge in [0.2, 0.25) is 0 Å². The summed E-state index contributed by atoms with van der Waals surface area (Å²) in [6.07, 6.45) is 1.41. The molecule has 0 bridgehead atoms. The Hall–Kier alpha value is -3.57. The van der Waals surface area contributed by atoms with Gasteiger partial charge in [0.15, 0.2) is 10.0 Å². The van der Waals surface area contributed by atoms with Crippen molar-refractivity contribution in [2.24, 2.45) is 0 Å². The van der Waals surface area contributed by atoms with E-state index in [9.17, 15) is 12.8 Å². The van der Waals surface area contributed by atoms with E-state index >= 15 is 8.78 Å². The number of aromatic nitrogens is 1. The van der Waals surface area contributed by atoms with Gasteiger partial charge in [0.1, 0.15) is 23.2 Å². The quantitative estimate of drug-likeness (QED) is 0.261. The van der Waals surface area contributed by atoms with Crippen molar-refractivity contribution in [1.82, 2.24) is 4.98 Å². The van der Waals surface area contributed by atoms with Gasteiger partial charge in [-0.05, 0) is 55.3 Å². The van der Waals surface area contributed by atoms with E-state index in [4.69, 9.17) is 4.74 Å². The lowest BCUT2D eigenvalue weighted by Gasteiger charge is -2.24. The maximum absolute atomic E-state index is 15.3. The van der Waals surface area contributed by atoms with Gasteiger partial charge < -0.3 is 10.1 Å². The molecule has 11 heteroatoms. The first-order valence-corrected chi connectivity index (χ1v) is 13.5. The van der Waals surface area contributed by atoms with E-state index < -0.39 is 38.4 Å². The van der Waals surface area contributed by atoms with Gasteiger partial charge in [-0.25, -0.2) is 30.9 Å². The Morgan fingerprint density at radius 1 is 1.05 bits per heavy atom. The Morgan fingerprint density at radius 3 is 2.35 bits per heavy atom. The molecule has 37 heavy (non-hydrogen) atoms. The second-order valence-electron chi connectivity index (χ2n) is 8.28. The van der Waals surface area contributed by atoms with Crippen LogP contribution in [0, 0.1) is 24.4 Å². The van der Waals surface area contributed by atoms with Gasteiger partial charge in [-0.1, -0.05) is 24.3 Å². The van der Waals surface area contributed by atoms with Gasteiger partial charge in [-0.2, -0.15) is 0 Å². The van der Waals surface area contributed by atoms with Crippen molar-refractivity contribution < 1.29 is 26.3 Å². The Labute approximate surface area is 217 Å². The molecular weight excluding hydrogens is 523 g/mol. The molecule has 194 valence electrons. The van der Waals surface area contributed by atoms with Crippen LogP contribution in [0.5, 0.6) is 5.75 Å². The fourth-order valence-electron chi connectivity index (χ4n) is 3.88. The highest BCUT2D eigenvalue weighted by Gasteiger charge is 2.33. The molecule has 4 rings (SSSR count). The topological polar surface area (TPSA) is 71.5 Å². The van der Waals surface area contributed by atoms with E-state index in [1.807, 2.05) is 0 Å². The van der Waals surface area contributed by atoms with Crippen LogP contribution in [-0.2, 0) is 16.6 Å². The Bertz CT molecular complexity index is 1490. The number of nitrogens with zero attached hydrogens (tertiary/aromatic N) is 2. The number of hydrogen-bond acceptors (Lipinski definition) is 6. The highest BCUT2D eigenvalue weighted by molar-refractivity contribution is 7.93. The number of rotatable bonds is 9. The molecule has 0 aliphatic carbocycles. The van der Waals surface area contributed by atoms with Gasteiger partial charge in [0.25, 0.3) is 10.0 Å². The molecule has 0 fully saturated rings. The fourth-order valence-corrected chi connectivity index (χ4v) is 6.24. The van der Waals surface area contributed by atoms with Crippen LogP contribution in [0.3, 0.4) is 0 Å². The number of thiazole rings is 1. The van der Waals surface area contributed by atoms with Gasteiger partial charge in [-0.3, -0.25) is 0 Å². The molecule has 0 aliphatic heterocycles. The molecule has 0 radical (unpaired) electrons. The predicted molar refractivity (Wildman–Crippen MR) is 138 cm³/mol. The summed E-state index contributed by atoms with van der Waals surface area (Å²) in [4.78, 5) is 2.97. The minimum Gasteiger partial charge on any atom is -0.497 e. The highest BCUT2D eigenvalue weighted by Crippen LogP contribution is 2.33. The van der Waals surface area contributed by atoms with E-state index in [1.54, 1.807) is 49.6 Å².